The van der Waals surface area contributed by atoms with Gasteiger partial charge in [-0.05, 0) is 25.1 Å². The van der Waals surface area contributed by atoms with Crippen molar-refractivity contribution in [2.24, 2.45) is 7.05 Å². The Bertz CT molecular complexity index is 1060. The molecule has 1 saturated heterocycles. The fourth-order valence-electron chi connectivity index (χ4n) is 3.92. The highest BCUT2D eigenvalue weighted by Crippen LogP contribution is 2.28. The van der Waals surface area contributed by atoms with Gasteiger partial charge in [-0.2, -0.15) is 0 Å². The van der Waals surface area contributed by atoms with Crippen molar-refractivity contribution in [3.05, 3.63) is 64.8 Å². The van der Waals surface area contributed by atoms with Crippen LogP contribution in [0.2, 0.25) is 5.02 Å². The third-order valence-electron chi connectivity index (χ3n) is 5.58. The molecule has 0 saturated carbocycles. The van der Waals surface area contributed by atoms with E-state index in [0.29, 0.717) is 36.8 Å². The molecular formula is C22H22ClN3O2. The fraction of sp³-hybridized carbons (Fsp3) is 0.273. The first-order valence-electron chi connectivity index (χ1n) is 9.36. The Balaban J connectivity index is 1.53. The monoisotopic (exact) mass is 395 g/mol. The number of rotatable bonds is 3. The highest BCUT2D eigenvalue weighted by Gasteiger charge is 2.30. The zero-order valence-electron chi connectivity index (χ0n) is 16.0. The summed E-state index contributed by atoms with van der Waals surface area (Å²) in [6, 6.07) is 15.4. The molecule has 28 heavy (non-hydrogen) atoms. The van der Waals surface area contributed by atoms with Crippen LogP contribution in [0.5, 0.6) is 0 Å². The number of benzene rings is 2. The molecule has 2 aromatic carbocycles. The molecule has 0 N–H and O–H groups in total. The average Bonchev–Trinajstić information content (AvgIpc) is 2.98. The van der Waals surface area contributed by atoms with Gasteiger partial charge in [0.2, 0.25) is 0 Å². The second kappa shape index (κ2) is 7.32. The number of hydrogen-bond acceptors (Lipinski definition) is 3. The van der Waals surface area contributed by atoms with Crippen molar-refractivity contribution in [1.82, 2.24) is 9.47 Å². The molecule has 1 amide bonds. The van der Waals surface area contributed by atoms with Crippen LogP contribution in [0.25, 0.3) is 10.9 Å². The molecule has 1 fully saturated rings. The number of hydrogen-bond donors (Lipinski definition) is 0. The van der Waals surface area contributed by atoms with E-state index < -0.39 is 11.7 Å². The summed E-state index contributed by atoms with van der Waals surface area (Å²) < 4.78 is 1.96. The molecule has 2 heterocycles. The molecule has 6 heteroatoms. The van der Waals surface area contributed by atoms with Crippen molar-refractivity contribution in [2.45, 2.75) is 6.92 Å². The number of halogens is 1. The lowest BCUT2D eigenvalue weighted by molar-refractivity contribution is -0.126. The number of nitrogens with zero attached hydrogens (tertiary/aromatic N) is 3. The molecule has 3 aromatic rings. The number of carbonyl (C=O) groups excluding carboxylic acids is 2. The van der Waals surface area contributed by atoms with Gasteiger partial charge in [-0.25, -0.2) is 0 Å². The maximum Gasteiger partial charge on any atom is 0.295 e. The molecule has 0 spiro atoms. The Kier molecular flexibility index (Phi) is 4.85. The molecule has 5 nitrogen and oxygen atoms in total. The molecular weight excluding hydrogens is 374 g/mol. The Morgan fingerprint density at radius 3 is 2.29 bits per heavy atom. The summed E-state index contributed by atoms with van der Waals surface area (Å²) in [5.41, 5.74) is 3.25. The van der Waals surface area contributed by atoms with Crippen LogP contribution in [-0.4, -0.2) is 47.3 Å². The molecule has 4 rings (SSSR count). The second-order valence-electron chi connectivity index (χ2n) is 7.10. The minimum Gasteiger partial charge on any atom is -0.367 e. The third-order valence-corrected chi connectivity index (χ3v) is 5.90. The lowest BCUT2D eigenvalue weighted by atomic mass is 10.1. The van der Waals surface area contributed by atoms with Crippen LogP contribution in [0.3, 0.4) is 0 Å². The van der Waals surface area contributed by atoms with E-state index in [9.17, 15) is 9.59 Å². The van der Waals surface area contributed by atoms with E-state index in [0.717, 1.165) is 22.3 Å². The molecule has 1 aliphatic rings. The first-order chi connectivity index (χ1) is 13.5. The van der Waals surface area contributed by atoms with Gasteiger partial charge in [-0.3, -0.25) is 9.59 Å². The second-order valence-corrected chi connectivity index (χ2v) is 7.50. The number of ketones is 1. The van der Waals surface area contributed by atoms with E-state index in [1.54, 1.807) is 4.90 Å². The number of anilines is 1. The highest BCUT2D eigenvalue weighted by molar-refractivity contribution is 6.45. The number of fused-ring (bicyclic) bond motifs is 1. The van der Waals surface area contributed by atoms with E-state index >= 15 is 0 Å². The van der Waals surface area contributed by atoms with Crippen LogP contribution >= 0.6 is 11.6 Å². The molecule has 144 valence electrons. The first kappa shape index (κ1) is 18.6. The molecule has 1 aliphatic heterocycles. The maximum absolute atomic E-state index is 13.1. The van der Waals surface area contributed by atoms with E-state index in [1.807, 2.05) is 67.1 Å². The van der Waals surface area contributed by atoms with E-state index in [-0.39, 0.29) is 0 Å². The summed E-state index contributed by atoms with van der Waals surface area (Å²) >= 11 is 6.28. The van der Waals surface area contributed by atoms with Gasteiger partial charge < -0.3 is 14.4 Å². The van der Waals surface area contributed by atoms with E-state index in [4.69, 9.17) is 11.6 Å². The Hall–Kier alpha value is -2.79. The summed E-state index contributed by atoms with van der Waals surface area (Å²) in [7, 11) is 1.92. The molecule has 0 radical (unpaired) electrons. The normalized spacial score (nSPS) is 14.5. The van der Waals surface area contributed by atoms with Crippen LogP contribution in [0.15, 0.2) is 48.5 Å². The number of Topliss-reactive ketones (excluding diaryl/α,β-unsaturated/α-hetero) is 1. The van der Waals surface area contributed by atoms with Crippen LogP contribution < -0.4 is 4.90 Å². The molecule has 0 aliphatic carbocycles. The summed E-state index contributed by atoms with van der Waals surface area (Å²) in [6.07, 6.45) is 0. The number of carbonyl (C=O) groups is 2. The number of aromatic nitrogens is 1. The standard InChI is InChI=1S/C22H22ClN3O2/c1-15-20(16-7-3-5-9-18(16)24(15)2)21(27)22(28)26-13-11-25(12-14-26)19-10-6-4-8-17(19)23/h3-10H,11-14H2,1-2H3. The van der Waals surface area contributed by atoms with Crippen molar-refractivity contribution >= 4 is 39.9 Å². The molecule has 0 bridgehead atoms. The van der Waals surface area contributed by atoms with Crippen LogP contribution in [0.4, 0.5) is 5.69 Å². The van der Waals surface area contributed by atoms with Gasteiger partial charge in [0.05, 0.1) is 16.3 Å². The predicted octanol–water partition coefficient (Wildman–Crippen LogP) is 3.67. The Labute approximate surface area is 169 Å². The minimum atomic E-state index is -0.432. The molecule has 0 atom stereocenters. The summed E-state index contributed by atoms with van der Waals surface area (Å²) in [5, 5.41) is 1.53. The van der Waals surface area contributed by atoms with E-state index in [2.05, 4.69) is 4.90 Å². The van der Waals surface area contributed by atoms with Gasteiger partial charge in [-0.15, -0.1) is 0 Å². The topological polar surface area (TPSA) is 45.6 Å². The van der Waals surface area contributed by atoms with Gasteiger partial charge in [0, 0.05) is 49.8 Å². The largest absolute Gasteiger partial charge is 0.367 e. The lowest BCUT2D eigenvalue weighted by Crippen LogP contribution is -2.50. The van der Waals surface area contributed by atoms with Crippen molar-refractivity contribution in [3.63, 3.8) is 0 Å². The van der Waals surface area contributed by atoms with Crippen molar-refractivity contribution in [3.8, 4) is 0 Å². The number of para-hydroxylation sites is 2. The fourth-order valence-corrected chi connectivity index (χ4v) is 4.17. The zero-order chi connectivity index (χ0) is 19.8. The third kappa shape index (κ3) is 3.06. The smallest absolute Gasteiger partial charge is 0.295 e. The summed E-state index contributed by atoms with van der Waals surface area (Å²) in [5.74, 6) is -0.862. The van der Waals surface area contributed by atoms with Crippen LogP contribution in [-0.2, 0) is 11.8 Å². The van der Waals surface area contributed by atoms with Gasteiger partial charge in [0.15, 0.2) is 0 Å². The van der Waals surface area contributed by atoms with Gasteiger partial charge >= 0.3 is 0 Å². The molecule has 1 aromatic heterocycles. The minimum absolute atomic E-state index is 0.430. The van der Waals surface area contributed by atoms with Gasteiger partial charge in [0.1, 0.15) is 0 Å². The van der Waals surface area contributed by atoms with Gasteiger partial charge in [-0.1, -0.05) is 41.9 Å². The van der Waals surface area contributed by atoms with Crippen LogP contribution in [0.1, 0.15) is 16.1 Å². The predicted molar refractivity (Wildman–Crippen MR) is 112 cm³/mol. The maximum atomic E-state index is 13.1. The first-order valence-corrected chi connectivity index (χ1v) is 9.74. The SMILES string of the molecule is Cc1c(C(=O)C(=O)N2CCN(c3ccccc3Cl)CC2)c2ccccc2n1C. The average molecular weight is 396 g/mol. The number of piperazine rings is 1. The van der Waals surface area contributed by atoms with Gasteiger partial charge in [0.25, 0.3) is 11.7 Å². The van der Waals surface area contributed by atoms with Crippen LogP contribution in [0, 0.1) is 6.92 Å². The molecule has 0 unspecified atom stereocenters. The number of amides is 1. The highest BCUT2D eigenvalue weighted by atomic mass is 35.5. The summed E-state index contributed by atoms with van der Waals surface area (Å²) in [6.45, 7) is 4.18. The Morgan fingerprint density at radius 1 is 0.929 bits per heavy atom. The zero-order valence-corrected chi connectivity index (χ0v) is 16.7. The number of aryl methyl sites for hydroxylation is 1. The Morgan fingerprint density at radius 2 is 1.57 bits per heavy atom. The summed E-state index contributed by atoms with van der Waals surface area (Å²) in [4.78, 5) is 29.8. The van der Waals surface area contributed by atoms with Crippen molar-refractivity contribution in [2.75, 3.05) is 31.1 Å². The van der Waals surface area contributed by atoms with Crippen molar-refractivity contribution in [1.29, 1.82) is 0 Å². The van der Waals surface area contributed by atoms with E-state index in [1.165, 1.54) is 0 Å². The van der Waals surface area contributed by atoms with Crippen molar-refractivity contribution < 1.29 is 9.59 Å². The lowest BCUT2D eigenvalue weighted by Gasteiger charge is -2.36. The quantitative estimate of drug-likeness (QED) is 0.502.